The highest BCUT2D eigenvalue weighted by Crippen LogP contribution is 2.23. The molecule has 7 nitrogen and oxygen atoms in total. The molecule has 0 aliphatic carbocycles. The topological polar surface area (TPSA) is 104 Å². The molecule has 0 fully saturated rings. The van der Waals surface area contributed by atoms with E-state index < -0.39 is 18.2 Å². The predicted molar refractivity (Wildman–Crippen MR) is 127 cm³/mol. The number of nitriles is 1. The Kier molecular flexibility index (Phi) is 8.42. The number of carbonyl (C=O) groups excluding carboxylic acids is 2. The Morgan fingerprint density at radius 2 is 1.79 bits per heavy atom. The van der Waals surface area contributed by atoms with Gasteiger partial charge in [0, 0.05) is 10.6 Å². The molecule has 0 aromatic heterocycles. The molecule has 2 amide bonds. The van der Waals surface area contributed by atoms with E-state index in [0.29, 0.717) is 32.6 Å². The molecule has 3 aromatic carbocycles. The van der Waals surface area contributed by atoms with E-state index in [4.69, 9.17) is 33.2 Å². The van der Waals surface area contributed by atoms with Crippen LogP contribution in [0.1, 0.15) is 23.1 Å². The summed E-state index contributed by atoms with van der Waals surface area (Å²) < 4.78 is 5.83. The number of anilines is 1. The number of nitrogens with zero attached hydrogens (tertiary/aromatic N) is 2. The van der Waals surface area contributed by atoms with Crippen molar-refractivity contribution in [2.24, 2.45) is 5.10 Å². The first-order chi connectivity index (χ1) is 15.9. The quantitative estimate of drug-likeness (QED) is 0.271. The first kappa shape index (κ1) is 23.8. The molecule has 0 radical (unpaired) electrons. The molecular formula is C24H18Cl2N4O3. The van der Waals surface area contributed by atoms with Crippen LogP contribution in [-0.4, -0.2) is 18.0 Å². The summed E-state index contributed by atoms with van der Waals surface area (Å²) in [5.41, 5.74) is 4.71. The van der Waals surface area contributed by atoms with Crippen molar-refractivity contribution in [1.82, 2.24) is 5.43 Å². The number of ether oxygens (including phenoxy) is 1. The molecule has 3 aromatic rings. The summed E-state index contributed by atoms with van der Waals surface area (Å²) >= 11 is 12.1. The Morgan fingerprint density at radius 1 is 1.03 bits per heavy atom. The predicted octanol–water partition coefficient (Wildman–Crippen LogP) is 4.92. The third-order valence-electron chi connectivity index (χ3n) is 4.31. The molecule has 0 saturated carbocycles. The highest BCUT2D eigenvalue weighted by Gasteiger charge is 2.11. The second kappa shape index (κ2) is 11.7. The lowest BCUT2D eigenvalue weighted by molar-refractivity contribution is -0.126. The number of halogens is 2. The fourth-order valence-corrected chi connectivity index (χ4v) is 3.07. The molecule has 166 valence electrons. The number of para-hydroxylation sites is 1. The van der Waals surface area contributed by atoms with Gasteiger partial charge in [-0.05, 0) is 48.0 Å². The minimum atomic E-state index is -0.599. The third-order valence-corrected chi connectivity index (χ3v) is 4.88. The molecule has 0 saturated heterocycles. The standard InChI is InChI=1S/C24H18Cl2N4O3/c25-19-9-10-22(33-15-17-7-5-16(13-27)6-8-17)18(11-19)14-28-30-24(32)12-23(31)29-21-4-2-1-3-20(21)26/h1-11,14H,12,15H2,(H,29,31)(H,30,32). The SMILES string of the molecule is N#Cc1ccc(COc2ccc(Cl)cc2C=NNC(=O)CC(=O)Nc2ccccc2Cl)cc1. The molecule has 0 spiro atoms. The number of amides is 2. The highest BCUT2D eigenvalue weighted by molar-refractivity contribution is 6.33. The number of rotatable bonds is 8. The minimum Gasteiger partial charge on any atom is -0.488 e. The highest BCUT2D eigenvalue weighted by atomic mass is 35.5. The molecule has 2 N–H and O–H groups in total. The van der Waals surface area contributed by atoms with Gasteiger partial charge in [-0.1, -0.05) is 47.5 Å². The lowest BCUT2D eigenvalue weighted by Gasteiger charge is -2.10. The smallest absolute Gasteiger partial charge is 0.249 e. The van der Waals surface area contributed by atoms with Crippen LogP contribution in [-0.2, 0) is 16.2 Å². The average Bonchev–Trinajstić information content (AvgIpc) is 2.80. The van der Waals surface area contributed by atoms with Crippen molar-refractivity contribution in [3.8, 4) is 11.8 Å². The Hall–Kier alpha value is -3.86. The summed E-state index contributed by atoms with van der Waals surface area (Å²) in [5, 5.41) is 16.2. The van der Waals surface area contributed by atoms with Crippen LogP contribution in [0.25, 0.3) is 0 Å². The van der Waals surface area contributed by atoms with E-state index in [1.54, 1.807) is 66.7 Å². The molecule has 0 bridgehead atoms. The maximum Gasteiger partial charge on any atom is 0.249 e. The van der Waals surface area contributed by atoms with E-state index in [9.17, 15) is 9.59 Å². The maximum absolute atomic E-state index is 12.0. The van der Waals surface area contributed by atoms with E-state index in [0.717, 1.165) is 5.56 Å². The molecule has 0 atom stereocenters. The van der Waals surface area contributed by atoms with Gasteiger partial charge in [-0.15, -0.1) is 0 Å². The van der Waals surface area contributed by atoms with Gasteiger partial charge in [0.05, 0.1) is 28.6 Å². The molecule has 0 heterocycles. The van der Waals surface area contributed by atoms with Gasteiger partial charge in [0.25, 0.3) is 0 Å². The van der Waals surface area contributed by atoms with Crippen LogP contribution in [0.5, 0.6) is 5.75 Å². The monoisotopic (exact) mass is 480 g/mol. The maximum atomic E-state index is 12.0. The fraction of sp³-hybridized carbons (Fsp3) is 0.0833. The Labute approximate surface area is 200 Å². The van der Waals surface area contributed by atoms with Gasteiger partial charge in [-0.2, -0.15) is 10.4 Å². The van der Waals surface area contributed by atoms with Crippen molar-refractivity contribution in [3.05, 3.63) is 93.5 Å². The van der Waals surface area contributed by atoms with Crippen molar-refractivity contribution < 1.29 is 14.3 Å². The van der Waals surface area contributed by atoms with Crippen molar-refractivity contribution in [1.29, 1.82) is 5.26 Å². The normalized spacial score (nSPS) is 10.5. The summed E-state index contributed by atoms with van der Waals surface area (Å²) in [6.45, 7) is 0.267. The zero-order valence-corrected chi connectivity index (χ0v) is 18.7. The lowest BCUT2D eigenvalue weighted by Crippen LogP contribution is -2.24. The molecule has 0 unspecified atom stereocenters. The van der Waals surface area contributed by atoms with Gasteiger partial charge in [0.15, 0.2) is 0 Å². The van der Waals surface area contributed by atoms with Crippen molar-refractivity contribution in [2.75, 3.05) is 5.32 Å². The van der Waals surface area contributed by atoms with Crippen LogP contribution in [0.15, 0.2) is 71.8 Å². The van der Waals surface area contributed by atoms with Crippen LogP contribution >= 0.6 is 23.2 Å². The number of benzene rings is 3. The van der Waals surface area contributed by atoms with Gasteiger partial charge >= 0.3 is 0 Å². The van der Waals surface area contributed by atoms with Gasteiger partial charge in [-0.25, -0.2) is 5.43 Å². The lowest BCUT2D eigenvalue weighted by atomic mass is 10.1. The summed E-state index contributed by atoms with van der Waals surface area (Å²) in [6, 6.07) is 20.8. The van der Waals surface area contributed by atoms with E-state index >= 15 is 0 Å². The zero-order valence-electron chi connectivity index (χ0n) is 17.2. The van der Waals surface area contributed by atoms with Crippen LogP contribution in [0.3, 0.4) is 0 Å². The van der Waals surface area contributed by atoms with Crippen molar-refractivity contribution >= 4 is 46.9 Å². The van der Waals surface area contributed by atoms with Gasteiger partial charge in [-0.3, -0.25) is 9.59 Å². The van der Waals surface area contributed by atoms with E-state index in [2.05, 4.69) is 21.9 Å². The van der Waals surface area contributed by atoms with E-state index in [1.807, 2.05) is 0 Å². The van der Waals surface area contributed by atoms with Crippen LogP contribution in [0, 0.1) is 11.3 Å². The average molecular weight is 481 g/mol. The van der Waals surface area contributed by atoms with Crippen LogP contribution in [0.4, 0.5) is 5.69 Å². The molecule has 9 heteroatoms. The fourth-order valence-electron chi connectivity index (χ4n) is 2.70. The number of nitrogens with one attached hydrogen (secondary N) is 2. The Morgan fingerprint density at radius 3 is 2.52 bits per heavy atom. The molecule has 0 aliphatic rings. The number of hydrazone groups is 1. The van der Waals surface area contributed by atoms with Gasteiger partial charge < -0.3 is 10.1 Å². The van der Waals surface area contributed by atoms with Gasteiger partial charge in [0.1, 0.15) is 18.8 Å². The minimum absolute atomic E-state index is 0.267. The number of carbonyl (C=O) groups is 2. The number of hydrogen-bond donors (Lipinski definition) is 2. The molecule has 3 rings (SSSR count). The van der Waals surface area contributed by atoms with E-state index in [1.165, 1.54) is 6.21 Å². The zero-order chi connectivity index (χ0) is 23.6. The number of hydrogen-bond acceptors (Lipinski definition) is 5. The molecular weight excluding hydrogens is 463 g/mol. The first-order valence-corrected chi connectivity index (χ1v) is 10.5. The summed E-state index contributed by atoms with van der Waals surface area (Å²) in [7, 11) is 0. The summed E-state index contributed by atoms with van der Waals surface area (Å²) in [5.74, 6) is -0.624. The molecule has 33 heavy (non-hydrogen) atoms. The summed E-state index contributed by atoms with van der Waals surface area (Å²) in [4.78, 5) is 24.1. The third kappa shape index (κ3) is 7.35. The second-order valence-electron chi connectivity index (χ2n) is 6.78. The van der Waals surface area contributed by atoms with Crippen LogP contribution in [0.2, 0.25) is 10.0 Å². The van der Waals surface area contributed by atoms with Crippen LogP contribution < -0.4 is 15.5 Å². The second-order valence-corrected chi connectivity index (χ2v) is 7.62. The Bertz CT molecular complexity index is 1220. The van der Waals surface area contributed by atoms with Crippen molar-refractivity contribution in [2.45, 2.75) is 13.0 Å². The molecule has 0 aliphatic heterocycles. The Balaban J connectivity index is 1.56. The van der Waals surface area contributed by atoms with Gasteiger partial charge in [0.2, 0.25) is 11.8 Å². The summed E-state index contributed by atoms with van der Waals surface area (Å²) in [6.07, 6.45) is 0.948. The van der Waals surface area contributed by atoms with Crippen molar-refractivity contribution in [3.63, 3.8) is 0 Å². The van der Waals surface area contributed by atoms with E-state index in [-0.39, 0.29) is 6.61 Å². The largest absolute Gasteiger partial charge is 0.488 e. The first-order valence-electron chi connectivity index (χ1n) is 9.72.